The van der Waals surface area contributed by atoms with Crippen LogP contribution in [-0.2, 0) is 34.8 Å². The van der Waals surface area contributed by atoms with Crippen molar-refractivity contribution < 1.29 is 17.1 Å². The van der Waals surface area contributed by atoms with E-state index in [1.165, 1.54) is 51.0 Å². The molecule has 0 atom stereocenters. The summed E-state index contributed by atoms with van der Waals surface area (Å²) in [5.74, 6) is 0. The molecule has 8 heteroatoms. The van der Waals surface area contributed by atoms with Crippen molar-refractivity contribution in [3.05, 3.63) is 138 Å². The van der Waals surface area contributed by atoms with Gasteiger partial charge in [-0.3, -0.25) is 0 Å². The Morgan fingerprint density at radius 2 is 0.804 bits per heavy atom. The van der Waals surface area contributed by atoms with Crippen LogP contribution in [0.15, 0.2) is 115 Å². The van der Waals surface area contributed by atoms with E-state index in [1.807, 2.05) is 0 Å². The number of hydrogen-bond acceptors (Lipinski definition) is 0. The van der Waals surface area contributed by atoms with Gasteiger partial charge in [-0.1, -0.05) is 54.6 Å². The molecule has 2 aromatic heterocycles. The Kier molecular flexibility index (Phi) is 15.8. The summed E-state index contributed by atoms with van der Waals surface area (Å²) in [4.78, 5) is 0. The largest absolute Gasteiger partial charge is 1.00 e. The van der Waals surface area contributed by atoms with E-state index in [2.05, 4.69) is 192 Å². The van der Waals surface area contributed by atoms with Crippen molar-refractivity contribution in [2.75, 3.05) is 0 Å². The predicted octanol–water partition coefficient (Wildman–Crippen LogP) is 10.8. The molecule has 6 rings (SSSR count). The van der Waals surface area contributed by atoms with Gasteiger partial charge in [0.05, 0.1) is 7.92 Å². The maximum absolute atomic E-state index is 7.50. The number of nitrogens with zero attached hydrogens (tertiary/aromatic N) is 2. The average molecular weight is 869 g/mol. The molecule has 51 heavy (non-hydrogen) atoms. The average Bonchev–Trinajstić information content (AvgIpc) is 3.73. The van der Waals surface area contributed by atoms with Crippen LogP contribution in [0.5, 0.6) is 0 Å². The predicted molar refractivity (Wildman–Crippen MR) is 235 cm³/mol. The summed E-state index contributed by atoms with van der Waals surface area (Å²) in [5.41, 5.74) is 9.04. The van der Waals surface area contributed by atoms with Crippen LogP contribution in [0.1, 0.15) is 92.0 Å². The molecule has 0 fully saturated rings. The van der Waals surface area contributed by atoms with Gasteiger partial charge >= 0.3 is 220 Å². The third-order valence-corrected chi connectivity index (χ3v) is 26.2. The van der Waals surface area contributed by atoms with Crippen molar-refractivity contribution >= 4 is 63.6 Å². The number of halogens is 1. The summed E-state index contributed by atoms with van der Waals surface area (Å²) in [6, 6.07) is 42.1. The number of rotatable bonds is 11. The third-order valence-electron chi connectivity index (χ3n) is 10.5. The quantitative estimate of drug-likeness (QED) is 0.0925. The minimum absolute atomic E-state index is 0. The van der Waals surface area contributed by atoms with E-state index < -0.39 is 37.6 Å². The SMILES string of the molecule is CC(C)[PH+](Cc1ccc2[n]1[Ge]([Cl])[n]1c(C[PH+](C(C)C)C(C)C)ccc1C2(C)C)C(C)C.[Cu+].c1ccc([PH+](c2ccccc2)c2ccccc2)cc1. The second-order valence-electron chi connectivity index (χ2n) is 15.6. The summed E-state index contributed by atoms with van der Waals surface area (Å²) in [5, 5.41) is 4.31. The van der Waals surface area contributed by atoms with Crippen LogP contribution in [-0.4, -0.2) is 43.5 Å². The van der Waals surface area contributed by atoms with Crippen molar-refractivity contribution in [1.82, 2.24) is 7.05 Å². The van der Waals surface area contributed by atoms with Gasteiger partial charge in [0, 0.05) is 0 Å². The molecule has 1 radical (unpaired) electrons. The minimum Gasteiger partial charge on any atom is -0.0620 e. The molecule has 5 aromatic rings. The van der Waals surface area contributed by atoms with Gasteiger partial charge in [-0.25, -0.2) is 0 Å². The van der Waals surface area contributed by atoms with E-state index in [0.717, 1.165) is 22.6 Å². The van der Waals surface area contributed by atoms with Crippen molar-refractivity contribution in [3.8, 4) is 0 Å². The van der Waals surface area contributed by atoms with Crippen LogP contribution in [0, 0.1) is 0 Å². The van der Waals surface area contributed by atoms with Crippen molar-refractivity contribution in [3.63, 3.8) is 0 Å². The molecule has 0 amide bonds. The molecule has 0 saturated heterocycles. The molecule has 3 aromatic carbocycles. The summed E-state index contributed by atoms with van der Waals surface area (Å²) in [6.07, 6.45) is 2.47. The van der Waals surface area contributed by atoms with Crippen LogP contribution in [0.25, 0.3) is 0 Å². The maximum atomic E-state index is 7.50. The van der Waals surface area contributed by atoms with Crippen LogP contribution in [0.4, 0.5) is 0 Å². The topological polar surface area (TPSA) is 9.86 Å². The van der Waals surface area contributed by atoms with E-state index in [0.29, 0.717) is 0 Å². The van der Waals surface area contributed by atoms with Crippen LogP contribution in [0.3, 0.4) is 0 Å². The molecule has 275 valence electrons. The van der Waals surface area contributed by atoms with Crippen LogP contribution >= 0.6 is 33.8 Å². The molecule has 0 unspecified atom stereocenters. The fourth-order valence-electron chi connectivity index (χ4n) is 7.76. The number of fused-ring (bicyclic) bond motifs is 2. The molecule has 0 aliphatic carbocycles. The molecule has 2 nitrogen and oxygen atoms in total. The summed E-state index contributed by atoms with van der Waals surface area (Å²) in [7, 11) is 5.69. The van der Waals surface area contributed by atoms with Crippen LogP contribution in [0.2, 0.25) is 0 Å². The summed E-state index contributed by atoms with van der Waals surface area (Å²) >= 11 is -2.20. The molecule has 1 aliphatic rings. The number of aromatic nitrogens is 2. The number of benzene rings is 3. The first-order valence-corrected chi connectivity index (χ1v) is 28.4. The maximum Gasteiger partial charge on any atom is 1.00 e. The first kappa shape index (κ1) is 42.6. The van der Waals surface area contributed by atoms with Gasteiger partial charge in [0.2, 0.25) is 0 Å². The first-order valence-electron chi connectivity index (χ1n) is 18.5. The summed E-state index contributed by atoms with van der Waals surface area (Å²) < 4.78 is 5.29. The second kappa shape index (κ2) is 18.9. The Morgan fingerprint density at radius 3 is 1.08 bits per heavy atom. The van der Waals surface area contributed by atoms with Gasteiger partial charge in [0.15, 0.2) is 0 Å². The third kappa shape index (κ3) is 9.76. The minimum atomic E-state index is -2.20. The van der Waals surface area contributed by atoms with E-state index in [-0.39, 0.29) is 22.5 Å². The standard InChI is InChI=1S/C25H42ClGeN2P2.C18H15P.Cu/c1-17(2)30(18(3)4)15-21-11-13-23-25(9,10)24-14-12-22(29(24)27(26)28(21)23)16-31(19(5)6)20(7)8;1-4-10-16(11-5-1)19(17-12-6-2-7-13-17)18-14-8-3-9-15-18;/h11-14,17-20H,15-16H2,1-10H3;1-15H;/q;;+1/p+3. The van der Waals surface area contributed by atoms with E-state index in [4.69, 9.17) is 10.0 Å². The molecule has 0 spiro atoms. The van der Waals surface area contributed by atoms with Crippen molar-refractivity contribution in [2.45, 2.75) is 110 Å². The monoisotopic (exact) mass is 869 g/mol. The Bertz CT molecular complexity index is 1610. The summed E-state index contributed by atoms with van der Waals surface area (Å²) in [6.45, 7) is 24.1. The molecular weight excluding hydrogens is 809 g/mol. The van der Waals surface area contributed by atoms with E-state index >= 15 is 0 Å². The Morgan fingerprint density at radius 1 is 0.510 bits per heavy atom. The molecule has 0 saturated carbocycles. The second-order valence-corrected chi connectivity index (χ2v) is 30.4. The van der Waals surface area contributed by atoms with Gasteiger partial charge in [0.1, 0.15) is 15.9 Å². The zero-order chi connectivity index (χ0) is 36.2. The van der Waals surface area contributed by atoms with Gasteiger partial charge in [-0.2, -0.15) is 0 Å². The van der Waals surface area contributed by atoms with Gasteiger partial charge < -0.3 is 0 Å². The van der Waals surface area contributed by atoms with E-state index in [9.17, 15) is 0 Å². The van der Waals surface area contributed by atoms with Gasteiger partial charge in [-0.15, -0.1) is 0 Å². The van der Waals surface area contributed by atoms with Gasteiger partial charge in [-0.05, 0) is 36.4 Å². The Balaban J connectivity index is 0.000000249. The smallest absolute Gasteiger partial charge is 0.0620 e. The first-order chi connectivity index (χ1) is 23.8. The Hall–Kier alpha value is -1.14. The molecule has 0 N–H and O–H groups in total. The van der Waals surface area contributed by atoms with Gasteiger partial charge in [0.25, 0.3) is 0 Å². The fourth-order valence-corrected chi connectivity index (χ4v) is 23.1. The number of hydrogen-bond donors (Lipinski definition) is 0. The van der Waals surface area contributed by atoms with Crippen molar-refractivity contribution in [2.24, 2.45) is 0 Å². The normalized spacial score (nSPS) is 13.9. The molecule has 3 heterocycles. The molecule has 1 aliphatic heterocycles. The van der Waals surface area contributed by atoms with E-state index in [1.54, 1.807) is 0 Å². The zero-order valence-electron chi connectivity index (χ0n) is 32.3. The van der Waals surface area contributed by atoms with Crippen LogP contribution < -0.4 is 15.9 Å². The molecule has 0 bridgehead atoms. The molecular formula is C43H60ClCuGeN2P3+4. The zero-order valence-corrected chi connectivity index (χ0v) is 39.1. The Labute approximate surface area is 333 Å². The fraction of sp³-hybridized carbons (Fsp3) is 0.395. The van der Waals surface area contributed by atoms with Crippen molar-refractivity contribution in [1.29, 1.82) is 0 Å².